The van der Waals surface area contributed by atoms with Crippen molar-refractivity contribution in [2.45, 2.75) is 18.2 Å². The molecule has 1 saturated heterocycles. The van der Waals surface area contributed by atoms with Gasteiger partial charge in [0.1, 0.15) is 0 Å². The minimum Gasteiger partial charge on any atom is -0.309 e. The van der Waals surface area contributed by atoms with E-state index in [1.807, 2.05) is 0 Å². The predicted molar refractivity (Wildman–Crippen MR) is 74.3 cm³/mol. The van der Waals surface area contributed by atoms with Crippen LogP contribution in [0.2, 0.25) is 0 Å². The maximum absolute atomic E-state index is 3.63. The summed E-state index contributed by atoms with van der Waals surface area (Å²) in [5, 5.41) is 8.84. The molecule has 2 heterocycles. The number of thiophene rings is 1. The molecule has 1 aromatic rings. The third kappa shape index (κ3) is 3.16. The van der Waals surface area contributed by atoms with Crippen LogP contribution in [0.5, 0.6) is 0 Å². The second-order valence-electron chi connectivity index (χ2n) is 3.58. The van der Waals surface area contributed by atoms with Crippen LogP contribution in [-0.4, -0.2) is 29.1 Å². The molecule has 2 unspecified atom stereocenters. The van der Waals surface area contributed by atoms with Gasteiger partial charge in [-0.25, -0.2) is 0 Å². The van der Waals surface area contributed by atoms with Crippen LogP contribution in [0.1, 0.15) is 18.5 Å². The highest BCUT2D eigenvalue weighted by molar-refractivity contribution is 8.06. The van der Waals surface area contributed by atoms with E-state index in [0.717, 1.165) is 11.8 Å². The first kappa shape index (κ1) is 11.8. The molecule has 0 aromatic carbocycles. The summed E-state index contributed by atoms with van der Waals surface area (Å²) >= 11 is 6.03. The van der Waals surface area contributed by atoms with E-state index in [4.69, 9.17) is 0 Å². The minimum atomic E-state index is 0.555. The number of thioether (sulfide) groups is 2. The van der Waals surface area contributed by atoms with Crippen molar-refractivity contribution in [2.24, 2.45) is 0 Å². The molecular weight excluding hydrogens is 242 g/mol. The van der Waals surface area contributed by atoms with E-state index in [0.29, 0.717) is 6.04 Å². The van der Waals surface area contributed by atoms with Crippen LogP contribution in [0.4, 0.5) is 0 Å². The summed E-state index contributed by atoms with van der Waals surface area (Å²) in [5.41, 5.74) is 1.47. The van der Waals surface area contributed by atoms with Gasteiger partial charge in [-0.1, -0.05) is 6.92 Å². The Morgan fingerprint density at radius 3 is 3.07 bits per heavy atom. The molecule has 0 bridgehead atoms. The second kappa shape index (κ2) is 6.18. The molecule has 1 aromatic heterocycles. The zero-order valence-corrected chi connectivity index (χ0v) is 11.4. The molecule has 1 aliphatic heterocycles. The minimum absolute atomic E-state index is 0.555. The fourth-order valence-electron chi connectivity index (χ4n) is 1.83. The number of hydrogen-bond donors (Lipinski definition) is 1. The summed E-state index contributed by atoms with van der Waals surface area (Å²) in [6.45, 7) is 3.25. The largest absolute Gasteiger partial charge is 0.309 e. The molecule has 2 rings (SSSR count). The fourth-order valence-corrected chi connectivity index (χ4v) is 5.40. The number of nitrogens with one attached hydrogen (secondary N) is 1. The molecular formula is C11H17NS3. The Morgan fingerprint density at radius 1 is 1.53 bits per heavy atom. The Hall–Kier alpha value is 0.360. The third-order valence-corrected chi connectivity index (χ3v) is 6.11. The quantitative estimate of drug-likeness (QED) is 0.891. The van der Waals surface area contributed by atoms with Crippen molar-refractivity contribution in [3.63, 3.8) is 0 Å². The van der Waals surface area contributed by atoms with Gasteiger partial charge < -0.3 is 5.32 Å². The van der Waals surface area contributed by atoms with Gasteiger partial charge in [0.2, 0.25) is 0 Å². The van der Waals surface area contributed by atoms with E-state index in [2.05, 4.69) is 52.6 Å². The SMILES string of the molecule is CCNC(c1ccsc1)C1CSCCS1. The van der Waals surface area contributed by atoms with Gasteiger partial charge in [0.05, 0.1) is 0 Å². The molecule has 4 heteroatoms. The van der Waals surface area contributed by atoms with Crippen LogP contribution in [0, 0.1) is 0 Å². The van der Waals surface area contributed by atoms with Gasteiger partial charge in [-0.2, -0.15) is 34.9 Å². The first-order valence-corrected chi connectivity index (χ1v) is 8.51. The second-order valence-corrected chi connectivity index (χ2v) is 6.85. The number of hydrogen-bond acceptors (Lipinski definition) is 4. The molecule has 1 aliphatic rings. The van der Waals surface area contributed by atoms with Gasteiger partial charge in [0, 0.05) is 28.6 Å². The van der Waals surface area contributed by atoms with E-state index in [1.54, 1.807) is 11.3 Å². The molecule has 1 fully saturated rings. The van der Waals surface area contributed by atoms with Gasteiger partial charge >= 0.3 is 0 Å². The molecule has 0 radical (unpaired) electrons. The summed E-state index contributed by atoms with van der Waals surface area (Å²) in [4.78, 5) is 0. The predicted octanol–water partition coefficient (Wildman–Crippen LogP) is 3.25. The molecule has 0 saturated carbocycles. The average molecular weight is 259 g/mol. The maximum Gasteiger partial charge on any atom is 0.0456 e. The normalized spacial score (nSPS) is 23.9. The molecule has 1 N–H and O–H groups in total. The summed E-state index contributed by atoms with van der Waals surface area (Å²) in [7, 11) is 0. The maximum atomic E-state index is 3.63. The van der Waals surface area contributed by atoms with Crippen molar-refractivity contribution in [3.05, 3.63) is 22.4 Å². The van der Waals surface area contributed by atoms with E-state index < -0.39 is 0 Å². The van der Waals surface area contributed by atoms with Crippen LogP contribution in [0.15, 0.2) is 16.8 Å². The first-order chi connectivity index (χ1) is 7.42. The zero-order valence-electron chi connectivity index (χ0n) is 8.94. The molecule has 2 atom stereocenters. The Bertz CT molecular complexity index is 267. The van der Waals surface area contributed by atoms with Crippen LogP contribution < -0.4 is 5.32 Å². The van der Waals surface area contributed by atoms with Crippen molar-refractivity contribution in [3.8, 4) is 0 Å². The standard InChI is InChI=1S/C11H17NS3/c1-2-12-11(9-3-4-13-7-9)10-8-14-5-6-15-10/h3-4,7,10-12H,2,5-6,8H2,1H3. The highest BCUT2D eigenvalue weighted by Gasteiger charge is 2.25. The zero-order chi connectivity index (χ0) is 10.5. The summed E-state index contributed by atoms with van der Waals surface area (Å²) in [5.74, 6) is 3.92. The topological polar surface area (TPSA) is 12.0 Å². The Kier molecular flexibility index (Phi) is 4.88. The van der Waals surface area contributed by atoms with E-state index in [-0.39, 0.29) is 0 Å². The molecule has 0 amide bonds. The van der Waals surface area contributed by atoms with E-state index >= 15 is 0 Å². The lowest BCUT2D eigenvalue weighted by Crippen LogP contribution is -2.33. The van der Waals surface area contributed by atoms with Crippen LogP contribution in [0.25, 0.3) is 0 Å². The van der Waals surface area contributed by atoms with Crippen molar-refractivity contribution < 1.29 is 0 Å². The van der Waals surface area contributed by atoms with Crippen LogP contribution in [0.3, 0.4) is 0 Å². The lowest BCUT2D eigenvalue weighted by molar-refractivity contribution is 0.552. The van der Waals surface area contributed by atoms with Gasteiger partial charge in [-0.05, 0) is 28.9 Å². The van der Waals surface area contributed by atoms with Gasteiger partial charge in [0.25, 0.3) is 0 Å². The smallest absolute Gasteiger partial charge is 0.0456 e. The Labute approximate surface area is 104 Å². The van der Waals surface area contributed by atoms with Crippen molar-refractivity contribution >= 4 is 34.9 Å². The average Bonchev–Trinajstić information content (AvgIpc) is 2.80. The Balaban J connectivity index is 2.04. The first-order valence-electron chi connectivity index (χ1n) is 5.36. The molecule has 0 aliphatic carbocycles. The molecule has 0 spiro atoms. The number of rotatable bonds is 4. The van der Waals surface area contributed by atoms with Gasteiger partial charge in [-0.15, -0.1) is 0 Å². The van der Waals surface area contributed by atoms with Crippen LogP contribution in [-0.2, 0) is 0 Å². The third-order valence-electron chi connectivity index (χ3n) is 2.54. The fraction of sp³-hybridized carbons (Fsp3) is 0.636. The lowest BCUT2D eigenvalue weighted by atomic mass is 10.1. The van der Waals surface area contributed by atoms with Crippen molar-refractivity contribution in [1.82, 2.24) is 5.32 Å². The summed E-state index contributed by atoms with van der Waals surface area (Å²) in [6.07, 6.45) is 0. The summed E-state index contributed by atoms with van der Waals surface area (Å²) in [6, 6.07) is 2.82. The van der Waals surface area contributed by atoms with Crippen molar-refractivity contribution in [1.29, 1.82) is 0 Å². The van der Waals surface area contributed by atoms with E-state index in [1.165, 1.54) is 22.8 Å². The monoisotopic (exact) mass is 259 g/mol. The molecule has 1 nitrogen and oxygen atoms in total. The van der Waals surface area contributed by atoms with Crippen LogP contribution >= 0.6 is 34.9 Å². The summed E-state index contributed by atoms with van der Waals surface area (Å²) < 4.78 is 0. The Morgan fingerprint density at radius 2 is 2.47 bits per heavy atom. The van der Waals surface area contributed by atoms with Gasteiger partial charge in [-0.3, -0.25) is 0 Å². The highest BCUT2D eigenvalue weighted by atomic mass is 32.2. The highest BCUT2D eigenvalue weighted by Crippen LogP contribution is 2.34. The lowest BCUT2D eigenvalue weighted by Gasteiger charge is -2.29. The van der Waals surface area contributed by atoms with Gasteiger partial charge in [0.15, 0.2) is 0 Å². The molecule has 84 valence electrons. The van der Waals surface area contributed by atoms with Crippen molar-refractivity contribution in [2.75, 3.05) is 23.8 Å². The van der Waals surface area contributed by atoms with E-state index in [9.17, 15) is 0 Å². The molecule has 15 heavy (non-hydrogen) atoms.